The summed E-state index contributed by atoms with van der Waals surface area (Å²) >= 11 is 0. The van der Waals surface area contributed by atoms with Crippen LogP contribution in [0.2, 0.25) is 0 Å². The summed E-state index contributed by atoms with van der Waals surface area (Å²) in [4.78, 5) is 38.5. The standard InChI is InChI=1S/C25H29N3O5/c1-5-32-22(29)15-28(16(2)3)24(30)17(4)14-18-6-8-20(9-7-18)25(31)33-21-12-10-19(11-13-21)23(26)27/h6-14,16H,5,15H2,1-4H3,(H3,26,27)/b17-14+. The molecule has 8 nitrogen and oxygen atoms in total. The van der Waals surface area contributed by atoms with Crippen LogP contribution in [0, 0.1) is 5.41 Å². The number of nitrogens with zero attached hydrogens (tertiary/aromatic N) is 1. The van der Waals surface area contributed by atoms with Crippen molar-refractivity contribution in [1.82, 2.24) is 4.90 Å². The van der Waals surface area contributed by atoms with Gasteiger partial charge in [0.25, 0.3) is 0 Å². The molecule has 8 heteroatoms. The summed E-state index contributed by atoms with van der Waals surface area (Å²) in [6, 6.07) is 12.8. The third-order valence-electron chi connectivity index (χ3n) is 4.73. The highest BCUT2D eigenvalue weighted by molar-refractivity contribution is 5.99. The van der Waals surface area contributed by atoms with Crippen molar-refractivity contribution in [3.8, 4) is 5.75 Å². The highest BCUT2D eigenvalue weighted by Crippen LogP contribution is 2.16. The van der Waals surface area contributed by atoms with Crippen LogP contribution in [0.25, 0.3) is 6.08 Å². The van der Waals surface area contributed by atoms with Gasteiger partial charge in [-0.15, -0.1) is 0 Å². The molecule has 174 valence electrons. The lowest BCUT2D eigenvalue weighted by Gasteiger charge is -2.26. The number of nitrogens with two attached hydrogens (primary N) is 1. The van der Waals surface area contributed by atoms with Crippen molar-refractivity contribution in [2.24, 2.45) is 5.73 Å². The second-order valence-corrected chi connectivity index (χ2v) is 7.61. The maximum absolute atomic E-state index is 12.8. The summed E-state index contributed by atoms with van der Waals surface area (Å²) in [5, 5.41) is 7.39. The number of amides is 1. The van der Waals surface area contributed by atoms with E-state index in [1.165, 1.54) is 4.90 Å². The number of amidine groups is 1. The topological polar surface area (TPSA) is 123 Å². The summed E-state index contributed by atoms with van der Waals surface area (Å²) < 4.78 is 10.3. The Balaban J connectivity index is 2.08. The van der Waals surface area contributed by atoms with E-state index in [-0.39, 0.29) is 30.9 Å². The summed E-state index contributed by atoms with van der Waals surface area (Å²) in [6.07, 6.45) is 1.69. The normalized spacial score (nSPS) is 11.1. The molecule has 0 heterocycles. The van der Waals surface area contributed by atoms with Gasteiger partial charge in [0.1, 0.15) is 18.1 Å². The van der Waals surface area contributed by atoms with Gasteiger partial charge in [0, 0.05) is 17.2 Å². The molecule has 0 aromatic heterocycles. The summed E-state index contributed by atoms with van der Waals surface area (Å²) in [6.45, 7) is 7.20. The zero-order valence-corrected chi connectivity index (χ0v) is 19.3. The molecule has 0 unspecified atom stereocenters. The fraction of sp³-hybridized carbons (Fsp3) is 0.280. The molecule has 0 saturated heterocycles. The van der Waals surface area contributed by atoms with Gasteiger partial charge in [-0.3, -0.25) is 15.0 Å². The van der Waals surface area contributed by atoms with Gasteiger partial charge in [-0.25, -0.2) is 4.79 Å². The van der Waals surface area contributed by atoms with E-state index in [0.717, 1.165) is 5.56 Å². The Labute approximate surface area is 193 Å². The van der Waals surface area contributed by atoms with Gasteiger partial charge in [-0.2, -0.15) is 0 Å². The van der Waals surface area contributed by atoms with Crippen molar-refractivity contribution in [2.75, 3.05) is 13.2 Å². The number of carbonyl (C=O) groups excluding carboxylic acids is 3. The first kappa shape index (κ1) is 25.3. The van der Waals surface area contributed by atoms with E-state index >= 15 is 0 Å². The first-order chi connectivity index (χ1) is 15.6. The quantitative estimate of drug-likeness (QED) is 0.198. The number of carbonyl (C=O) groups is 3. The zero-order valence-electron chi connectivity index (χ0n) is 19.3. The molecule has 0 spiro atoms. The van der Waals surface area contributed by atoms with Crippen molar-refractivity contribution < 1.29 is 23.9 Å². The van der Waals surface area contributed by atoms with Gasteiger partial charge >= 0.3 is 11.9 Å². The minimum atomic E-state index is -0.533. The van der Waals surface area contributed by atoms with Crippen molar-refractivity contribution >= 4 is 29.8 Å². The Morgan fingerprint density at radius 1 is 1.03 bits per heavy atom. The van der Waals surface area contributed by atoms with Gasteiger partial charge < -0.3 is 20.1 Å². The fourth-order valence-electron chi connectivity index (χ4n) is 2.96. The molecule has 0 radical (unpaired) electrons. The summed E-state index contributed by atoms with van der Waals surface area (Å²) in [5.74, 6) is -0.982. The first-order valence-corrected chi connectivity index (χ1v) is 10.5. The first-order valence-electron chi connectivity index (χ1n) is 10.5. The molecule has 0 aliphatic carbocycles. The molecule has 0 saturated carbocycles. The van der Waals surface area contributed by atoms with E-state index in [4.69, 9.17) is 20.6 Å². The smallest absolute Gasteiger partial charge is 0.343 e. The summed E-state index contributed by atoms with van der Waals surface area (Å²) in [5.41, 5.74) is 7.47. The van der Waals surface area contributed by atoms with E-state index in [2.05, 4.69) is 0 Å². The lowest BCUT2D eigenvalue weighted by atomic mass is 10.1. The van der Waals surface area contributed by atoms with Crippen LogP contribution in [0.5, 0.6) is 5.75 Å². The Morgan fingerprint density at radius 2 is 1.61 bits per heavy atom. The molecule has 2 aromatic carbocycles. The molecule has 2 aromatic rings. The SMILES string of the molecule is CCOC(=O)CN(C(=O)/C(C)=C/c1ccc(C(=O)Oc2ccc(C(=N)N)cc2)cc1)C(C)C. The molecule has 33 heavy (non-hydrogen) atoms. The van der Waals surface area contributed by atoms with Crippen molar-refractivity contribution in [2.45, 2.75) is 33.7 Å². The van der Waals surface area contributed by atoms with E-state index in [1.54, 1.807) is 68.5 Å². The van der Waals surface area contributed by atoms with E-state index in [0.29, 0.717) is 22.4 Å². The molecule has 0 aliphatic rings. The predicted octanol–water partition coefficient (Wildman–Crippen LogP) is 3.39. The second kappa shape index (κ2) is 11.6. The molecule has 0 fully saturated rings. The van der Waals surface area contributed by atoms with Crippen molar-refractivity contribution in [3.05, 3.63) is 70.8 Å². The van der Waals surface area contributed by atoms with Gasteiger partial charge in [0.05, 0.1) is 12.2 Å². The monoisotopic (exact) mass is 451 g/mol. The Morgan fingerprint density at radius 3 is 2.12 bits per heavy atom. The Bertz CT molecular complexity index is 1040. The molecule has 0 atom stereocenters. The van der Waals surface area contributed by atoms with E-state index < -0.39 is 11.9 Å². The van der Waals surface area contributed by atoms with E-state index in [1.807, 2.05) is 13.8 Å². The van der Waals surface area contributed by atoms with Gasteiger partial charge in [0.15, 0.2) is 0 Å². The lowest BCUT2D eigenvalue weighted by Crippen LogP contribution is -2.41. The minimum Gasteiger partial charge on any atom is -0.465 e. The lowest BCUT2D eigenvalue weighted by molar-refractivity contribution is -0.148. The van der Waals surface area contributed by atoms with Crippen LogP contribution in [0.1, 0.15) is 49.2 Å². The van der Waals surface area contributed by atoms with Gasteiger partial charge in [-0.05, 0) is 75.7 Å². The highest BCUT2D eigenvalue weighted by Gasteiger charge is 2.22. The predicted molar refractivity (Wildman–Crippen MR) is 126 cm³/mol. The van der Waals surface area contributed by atoms with Crippen LogP contribution < -0.4 is 10.5 Å². The molecule has 0 aliphatic heterocycles. The molecular formula is C25H29N3O5. The molecular weight excluding hydrogens is 422 g/mol. The van der Waals surface area contributed by atoms with Gasteiger partial charge in [-0.1, -0.05) is 12.1 Å². The zero-order chi connectivity index (χ0) is 24.5. The molecule has 1 amide bonds. The van der Waals surface area contributed by atoms with Crippen molar-refractivity contribution in [3.63, 3.8) is 0 Å². The van der Waals surface area contributed by atoms with Crippen LogP contribution >= 0.6 is 0 Å². The minimum absolute atomic E-state index is 0.0669. The Hall–Kier alpha value is -3.94. The number of nitrogens with one attached hydrogen (secondary N) is 1. The fourth-order valence-corrected chi connectivity index (χ4v) is 2.96. The number of esters is 2. The number of rotatable bonds is 9. The third kappa shape index (κ3) is 7.31. The molecule has 0 bridgehead atoms. The number of hydrogen-bond donors (Lipinski definition) is 2. The number of benzene rings is 2. The summed E-state index contributed by atoms with van der Waals surface area (Å²) in [7, 11) is 0. The van der Waals surface area contributed by atoms with Crippen LogP contribution in [0.15, 0.2) is 54.1 Å². The average Bonchev–Trinajstić information content (AvgIpc) is 2.77. The second-order valence-electron chi connectivity index (χ2n) is 7.61. The van der Waals surface area contributed by atoms with Crippen LogP contribution in [0.3, 0.4) is 0 Å². The molecule has 2 rings (SSSR count). The number of ether oxygens (including phenoxy) is 2. The van der Waals surface area contributed by atoms with Crippen LogP contribution in [-0.4, -0.2) is 47.8 Å². The maximum Gasteiger partial charge on any atom is 0.343 e. The average molecular weight is 452 g/mol. The molecule has 3 N–H and O–H groups in total. The Kier molecular flexibility index (Phi) is 8.91. The number of nitrogen functional groups attached to an aromatic ring is 1. The van der Waals surface area contributed by atoms with Crippen LogP contribution in [0.4, 0.5) is 0 Å². The maximum atomic E-state index is 12.8. The highest BCUT2D eigenvalue weighted by atomic mass is 16.5. The van der Waals surface area contributed by atoms with Crippen molar-refractivity contribution in [1.29, 1.82) is 5.41 Å². The van der Waals surface area contributed by atoms with E-state index in [9.17, 15) is 14.4 Å². The number of hydrogen-bond acceptors (Lipinski definition) is 6. The van der Waals surface area contributed by atoms with Gasteiger partial charge in [0.2, 0.25) is 5.91 Å². The largest absolute Gasteiger partial charge is 0.465 e. The van der Waals surface area contributed by atoms with Crippen LogP contribution in [-0.2, 0) is 14.3 Å². The third-order valence-corrected chi connectivity index (χ3v) is 4.73.